The van der Waals surface area contributed by atoms with Gasteiger partial charge in [0.15, 0.2) is 0 Å². The standard InChI is InChI=1S/C12H24N2O2/c1-12(15)4-5-14(9-12)7-10-8-16-6-3-11(10)13-2/h10-11,13,15H,3-9H2,1-2H3. The van der Waals surface area contributed by atoms with Crippen molar-refractivity contribution in [2.24, 2.45) is 5.92 Å². The molecule has 2 rings (SSSR count). The van der Waals surface area contributed by atoms with Crippen molar-refractivity contribution in [2.75, 3.05) is 39.9 Å². The molecule has 0 aromatic heterocycles. The first-order valence-electron chi connectivity index (χ1n) is 6.30. The van der Waals surface area contributed by atoms with Crippen LogP contribution in [0.15, 0.2) is 0 Å². The quantitative estimate of drug-likeness (QED) is 0.717. The number of ether oxygens (including phenoxy) is 1. The van der Waals surface area contributed by atoms with E-state index < -0.39 is 5.60 Å². The van der Waals surface area contributed by atoms with Crippen LogP contribution in [0.2, 0.25) is 0 Å². The van der Waals surface area contributed by atoms with Crippen molar-refractivity contribution >= 4 is 0 Å². The zero-order chi connectivity index (χ0) is 11.6. The van der Waals surface area contributed by atoms with Gasteiger partial charge in [0.25, 0.3) is 0 Å². The molecule has 2 N–H and O–H groups in total. The second-order valence-corrected chi connectivity index (χ2v) is 5.50. The van der Waals surface area contributed by atoms with E-state index in [-0.39, 0.29) is 0 Å². The number of rotatable bonds is 3. The Morgan fingerprint density at radius 2 is 2.38 bits per heavy atom. The van der Waals surface area contributed by atoms with Crippen LogP contribution in [0.4, 0.5) is 0 Å². The van der Waals surface area contributed by atoms with Crippen LogP contribution in [0.5, 0.6) is 0 Å². The van der Waals surface area contributed by atoms with E-state index in [1.165, 1.54) is 0 Å². The van der Waals surface area contributed by atoms with Gasteiger partial charge in [-0.25, -0.2) is 0 Å². The first-order chi connectivity index (χ1) is 7.61. The van der Waals surface area contributed by atoms with E-state index in [0.717, 1.165) is 45.7 Å². The lowest BCUT2D eigenvalue weighted by Gasteiger charge is -2.34. The fourth-order valence-electron chi connectivity index (χ4n) is 2.88. The van der Waals surface area contributed by atoms with Crippen molar-refractivity contribution in [3.8, 4) is 0 Å². The lowest BCUT2D eigenvalue weighted by molar-refractivity contribution is 0.0150. The van der Waals surface area contributed by atoms with Crippen molar-refractivity contribution in [2.45, 2.75) is 31.4 Å². The third-order valence-electron chi connectivity index (χ3n) is 3.87. The van der Waals surface area contributed by atoms with Crippen LogP contribution in [0.3, 0.4) is 0 Å². The van der Waals surface area contributed by atoms with E-state index in [2.05, 4.69) is 10.2 Å². The smallest absolute Gasteiger partial charge is 0.0758 e. The molecule has 3 unspecified atom stereocenters. The lowest BCUT2D eigenvalue weighted by atomic mass is 9.95. The molecular formula is C12H24N2O2. The molecule has 0 radical (unpaired) electrons. The van der Waals surface area contributed by atoms with E-state index in [1.54, 1.807) is 0 Å². The molecule has 0 aromatic carbocycles. The molecule has 0 amide bonds. The molecule has 3 atom stereocenters. The monoisotopic (exact) mass is 228 g/mol. The van der Waals surface area contributed by atoms with Crippen molar-refractivity contribution < 1.29 is 9.84 Å². The molecule has 16 heavy (non-hydrogen) atoms. The van der Waals surface area contributed by atoms with Crippen LogP contribution in [0.25, 0.3) is 0 Å². The van der Waals surface area contributed by atoms with E-state index in [0.29, 0.717) is 12.0 Å². The van der Waals surface area contributed by atoms with E-state index in [9.17, 15) is 5.11 Å². The number of hydrogen-bond acceptors (Lipinski definition) is 4. The number of nitrogens with one attached hydrogen (secondary N) is 1. The van der Waals surface area contributed by atoms with Crippen LogP contribution in [-0.4, -0.2) is 61.5 Å². The lowest BCUT2D eigenvalue weighted by Crippen LogP contribution is -2.46. The molecule has 0 bridgehead atoms. The highest BCUT2D eigenvalue weighted by molar-refractivity contribution is 4.89. The van der Waals surface area contributed by atoms with Gasteiger partial charge >= 0.3 is 0 Å². The molecule has 0 saturated carbocycles. The van der Waals surface area contributed by atoms with Gasteiger partial charge in [0, 0.05) is 38.2 Å². The summed E-state index contributed by atoms with van der Waals surface area (Å²) in [6.07, 6.45) is 2.00. The maximum Gasteiger partial charge on any atom is 0.0758 e. The van der Waals surface area contributed by atoms with Gasteiger partial charge < -0.3 is 15.2 Å². The first kappa shape index (κ1) is 12.3. The van der Waals surface area contributed by atoms with Crippen LogP contribution in [-0.2, 0) is 4.74 Å². The molecule has 2 fully saturated rings. The molecule has 0 aliphatic carbocycles. The predicted octanol–water partition coefficient (Wildman–Crippen LogP) is 0.0676. The highest BCUT2D eigenvalue weighted by atomic mass is 16.5. The minimum Gasteiger partial charge on any atom is -0.389 e. The topological polar surface area (TPSA) is 44.7 Å². The Morgan fingerprint density at radius 3 is 3.00 bits per heavy atom. The maximum absolute atomic E-state index is 9.93. The van der Waals surface area contributed by atoms with Gasteiger partial charge in [0.1, 0.15) is 0 Å². The van der Waals surface area contributed by atoms with Crippen LogP contribution in [0, 0.1) is 5.92 Å². The highest BCUT2D eigenvalue weighted by Crippen LogP contribution is 2.23. The summed E-state index contributed by atoms with van der Waals surface area (Å²) in [5.41, 5.74) is -0.481. The zero-order valence-corrected chi connectivity index (χ0v) is 10.4. The van der Waals surface area contributed by atoms with Crippen molar-refractivity contribution in [1.29, 1.82) is 0 Å². The molecule has 4 heteroatoms. The second kappa shape index (κ2) is 5.00. The largest absolute Gasteiger partial charge is 0.389 e. The molecule has 4 nitrogen and oxygen atoms in total. The summed E-state index contributed by atoms with van der Waals surface area (Å²) in [6, 6.07) is 0.569. The summed E-state index contributed by atoms with van der Waals surface area (Å²) in [5.74, 6) is 0.563. The minimum atomic E-state index is -0.481. The molecule has 2 heterocycles. The van der Waals surface area contributed by atoms with E-state index in [4.69, 9.17) is 4.74 Å². The third-order valence-corrected chi connectivity index (χ3v) is 3.87. The molecule has 2 saturated heterocycles. The average molecular weight is 228 g/mol. The number of aliphatic hydroxyl groups is 1. The predicted molar refractivity (Wildman–Crippen MR) is 63.5 cm³/mol. The van der Waals surface area contributed by atoms with Crippen molar-refractivity contribution in [3.63, 3.8) is 0 Å². The molecule has 0 spiro atoms. The normalized spacial score (nSPS) is 41.4. The van der Waals surface area contributed by atoms with Crippen molar-refractivity contribution in [3.05, 3.63) is 0 Å². The summed E-state index contributed by atoms with van der Waals surface area (Å²) >= 11 is 0. The van der Waals surface area contributed by atoms with Gasteiger partial charge in [0.2, 0.25) is 0 Å². The van der Waals surface area contributed by atoms with Gasteiger partial charge in [-0.3, -0.25) is 4.90 Å². The Kier molecular flexibility index (Phi) is 3.85. The van der Waals surface area contributed by atoms with Crippen LogP contribution < -0.4 is 5.32 Å². The summed E-state index contributed by atoms with van der Waals surface area (Å²) in [4.78, 5) is 2.36. The molecule has 0 aromatic rings. The Morgan fingerprint density at radius 1 is 1.56 bits per heavy atom. The minimum absolute atomic E-state index is 0.481. The van der Waals surface area contributed by atoms with E-state index in [1.807, 2.05) is 14.0 Å². The Hall–Kier alpha value is -0.160. The van der Waals surface area contributed by atoms with Gasteiger partial charge in [0.05, 0.1) is 12.2 Å². The van der Waals surface area contributed by atoms with Gasteiger partial charge in [-0.05, 0) is 26.8 Å². The Balaban J connectivity index is 1.84. The number of likely N-dealkylation sites (tertiary alicyclic amines) is 1. The van der Waals surface area contributed by atoms with Gasteiger partial charge in [-0.1, -0.05) is 0 Å². The summed E-state index contributed by atoms with van der Waals surface area (Å²) < 4.78 is 5.55. The number of nitrogens with zero attached hydrogens (tertiary/aromatic N) is 1. The summed E-state index contributed by atoms with van der Waals surface area (Å²) in [6.45, 7) is 6.52. The summed E-state index contributed by atoms with van der Waals surface area (Å²) in [5, 5.41) is 13.3. The zero-order valence-electron chi connectivity index (χ0n) is 10.4. The summed E-state index contributed by atoms with van der Waals surface area (Å²) in [7, 11) is 2.03. The van der Waals surface area contributed by atoms with Crippen molar-refractivity contribution in [1.82, 2.24) is 10.2 Å². The number of β-amino-alcohol motifs (C(OH)–C–C–N with tert-alkyl or cyclic N) is 1. The maximum atomic E-state index is 9.93. The third kappa shape index (κ3) is 2.94. The average Bonchev–Trinajstić information content (AvgIpc) is 2.59. The van der Waals surface area contributed by atoms with E-state index >= 15 is 0 Å². The molecule has 94 valence electrons. The SMILES string of the molecule is CNC1CCOCC1CN1CCC(C)(O)C1. The van der Waals surface area contributed by atoms with Gasteiger partial charge in [-0.15, -0.1) is 0 Å². The number of hydrogen-bond donors (Lipinski definition) is 2. The first-order valence-corrected chi connectivity index (χ1v) is 6.30. The fourth-order valence-corrected chi connectivity index (χ4v) is 2.88. The Bertz CT molecular complexity index is 233. The second-order valence-electron chi connectivity index (χ2n) is 5.50. The Labute approximate surface area is 98.0 Å². The molecule has 2 aliphatic heterocycles. The van der Waals surface area contributed by atoms with Gasteiger partial charge in [-0.2, -0.15) is 0 Å². The molecular weight excluding hydrogens is 204 g/mol. The fraction of sp³-hybridized carbons (Fsp3) is 1.00. The van der Waals surface area contributed by atoms with Crippen LogP contribution in [0.1, 0.15) is 19.8 Å². The van der Waals surface area contributed by atoms with Crippen LogP contribution >= 0.6 is 0 Å². The highest BCUT2D eigenvalue weighted by Gasteiger charge is 2.34. The molecule has 2 aliphatic rings.